The summed E-state index contributed by atoms with van der Waals surface area (Å²) in [5, 5.41) is 12.9. The van der Waals surface area contributed by atoms with Crippen molar-refractivity contribution in [1.29, 1.82) is 0 Å². The Morgan fingerprint density at radius 1 is 1.22 bits per heavy atom. The smallest absolute Gasteiger partial charge is 0.0897 e. The summed E-state index contributed by atoms with van der Waals surface area (Å²) in [6, 6.07) is 8.13. The Morgan fingerprint density at radius 3 is 2.50 bits per heavy atom. The van der Waals surface area contributed by atoms with E-state index in [4.69, 9.17) is 4.74 Å². The van der Waals surface area contributed by atoms with Gasteiger partial charge in [0.1, 0.15) is 0 Å². The van der Waals surface area contributed by atoms with Crippen molar-refractivity contribution in [3.05, 3.63) is 34.3 Å². The van der Waals surface area contributed by atoms with Gasteiger partial charge in [0.2, 0.25) is 0 Å². The first-order valence-electron chi connectivity index (χ1n) is 6.29. The van der Waals surface area contributed by atoms with E-state index in [1.807, 2.05) is 12.1 Å². The number of hydrogen-bond acceptors (Lipinski definition) is 3. The van der Waals surface area contributed by atoms with Crippen LogP contribution in [0, 0.1) is 5.92 Å². The van der Waals surface area contributed by atoms with Gasteiger partial charge in [0, 0.05) is 24.2 Å². The molecule has 1 aromatic carbocycles. The van der Waals surface area contributed by atoms with Gasteiger partial charge in [-0.2, -0.15) is 0 Å². The van der Waals surface area contributed by atoms with E-state index in [0.717, 1.165) is 11.0 Å². The van der Waals surface area contributed by atoms with E-state index in [0.29, 0.717) is 25.7 Å². The second-order valence-corrected chi connectivity index (χ2v) is 5.76. The van der Waals surface area contributed by atoms with Crippen molar-refractivity contribution < 1.29 is 9.84 Å². The van der Waals surface area contributed by atoms with Gasteiger partial charge in [-0.1, -0.05) is 41.9 Å². The number of halogens is 1. The first-order chi connectivity index (χ1) is 8.58. The lowest BCUT2D eigenvalue weighted by molar-refractivity contribution is 0.0260. The molecule has 3 nitrogen and oxygen atoms in total. The molecule has 0 bridgehead atoms. The Kier molecular flexibility index (Phi) is 7.51. The van der Waals surface area contributed by atoms with E-state index >= 15 is 0 Å². The van der Waals surface area contributed by atoms with Gasteiger partial charge in [-0.05, 0) is 23.6 Å². The fourth-order valence-corrected chi connectivity index (χ4v) is 1.75. The molecular formula is C14H22BrNO2. The Morgan fingerprint density at radius 2 is 1.89 bits per heavy atom. The summed E-state index contributed by atoms with van der Waals surface area (Å²) in [5.41, 5.74) is 1.20. The molecule has 0 aliphatic carbocycles. The predicted octanol–water partition coefficient (Wildman–Crippen LogP) is 2.57. The Balaban J connectivity index is 2.11. The third kappa shape index (κ3) is 7.11. The first-order valence-corrected chi connectivity index (χ1v) is 7.08. The zero-order chi connectivity index (χ0) is 13.4. The van der Waals surface area contributed by atoms with Crippen molar-refractivity contribution in [2.45, 2.75) is 26.5 Å². The van der Waals surface area contributed by atoms with Crippen LogP contribution in [-0.4, -0.2) is 31.0 Å². The van der Waals surface area contributed by atoms with Gasteiger partial charge < -0.3 is 15.2 Å². The van der Waals surface area contributed by atoms with E-state index < -0.39 is 6.10 Å². The number of rotatable bonds is 8. The molecule has 1 aromatic rings. The lowest BCUT2D eigenvalue weighted by Crippen LogP contribution is -2.30. The fraction of sp³-hybridized carbons (Fsp3) is 0.571. The fourth-order valence-electron chi connectivity index (χ4n) is 1.48. The summed E-state index contributed by atoms with van der Waals surface area (Å²) in [6.45, 7) is 6.59. The highest BCUT2D eigenvalue weighted by molar-refractivity contribution is 9.10. The molecule has 18 heavy (non-hydrogen) atoms. The van der Waals surface area contributed by atoms with Crippen LogP contribution >= 0.6 is 15.9 Å². The summed E-state index contributed by atoms with van der Waals surface area (Å²) < 4.78 is 6.46. The Hall–Kier alpha value is -0.420. The zero-order valence-corrected chi connectivity index (χ0v) is 12.6. The minimum atomic E-state index is -0.445. The van der Waals surface area contributed by atoms with Crippen LogP contribution in [0.25, 0.3) is 0 Å². The van der Waals surface area contributed by atoms with E-state index in [1.165, 1.54) is 5.56 Å². The lowest BCUT2D eigenvalue weighted by Gasteiger charge is -2.13. The number of aliphatic hydroxyl groups excluding tert-OH is 1. The van der Waals surface area contributed by atoms with Crippen LogP contribution in [0.3, 0.4) is 0 Å². The van der Waals surface area contributed by atoms with Crippen molar-refractivity contribution in [1.82, 2.24) is 5.32 Å². The molecule has 0 saturated heterocycles. The van der Waals surface area contributed by atoms with Crippen LogP contribution in [-0.2, 0) is 11.3 Å². The second kappa shape index (κ2) is 8.64. The summed E-state index contributed by atoms with van der Waals surface area (Å²) in [4.78, 5) is 0. The topological polar surface area (TPSA) is 41.5 Å². The molecule has 0 spiro atoms. The molecule has 0 heterocycles. The number of aliphatic hydroxyl groups is 1. The van der Waals surface area contributed by atoms with E-state index in [1.54, 1.807) is 0 Å². The van der Waals surface area contributed by atoms with Crippen molar-refractivity contribution in [2.75, 3.05) is 19.8 Å². The molecule has 2 N–H and O–H groups in total. The number of benzene rings is 1. The molecule has 102 valence electrons. The molecule has 0 saturated carbocycles. The molecule has 1 atom stereocenters. The second-order valence-electron chi connectivity index (χ2n) is 4.84. The highest BCUT2D eigenvalue weighted by Crippen LogP contribution is 2.10. The maximum Gasteiger partial charge on any atom is 0.0897 e. The minimum absolute atomic E-state index is 0.394. The third-order valence-corrected chi connectivity index (χ3v) is 2.91. The molecule has 1 rings (SSSR count). The number of nitrogens with one attached hydrogen (secondary N) is 1. The van der Waals surface area contributed by atoms with Gasteiger partial charge in [0.05, 0.1) is 12.7 Å². The number of ether oxygens (including phenoxy) is 1. The quantitative estimate of drug-likeness (QED) is 0.774. The first kappa shape index (κ1) is 15.6. The van der Waals surface area contributed by atoms with Crippen LogP contribution in [0.5, 0.6) is 0 Å². The van der Waals surface area contributed by atoms with Gasteiger partial charge in [-0.15, -0.1) is 0 Å². The van der Waals surface area contributed by atoms with Crippen LogP contribution in [0.15, 0.2) is 28.7 Å². The largest absolute Gasteiger partial charge is 0.389 e. The molecule has 4 heteroatoms. The van der Waals surface area contributed by atoms with Gasteiger partial charge in [-0.25, -0.2) is 0 Å². The van der Waals surface area contributed by atoms with Crippen LogP contribution < -0.4 is 5.32 Å². The lowest BCUT2D eigenvalue weighted by atomic mass is 10.2. The maximum absolute atomic E-state index is 9.69. The van der Waals surface area contributed by atoms with E-state index in [-0.39, 0.29) is 0 Å². The molecule has 0 aliphatic rings. The predicted molar refractivity (Wildman–Crippen MR) is 77.5 cm³/mol. The van der Waals surface area contributed by atoms with E-state index in [2.05, 4.69) is 47.2 Å². The molecule has 0 aliphatic heterocycles. The Bertz CT molecular complexity index is 327. The van der Waals surface area contributed by atoms with Gasteiger partial charge in [0.15, 0.2) is 0 Å². The van der Waals surface area contributed by atoms with Crippen LogP contribution in [0.2, 0.25) is 0 Å². The normalized spacial score (nSPS) is 12.9. The van der Waals surface area contributed by atoms with Gasteiger partial charge in [0.25, 0.3) is 0 Å². The molecule has 1 unspecified atom stereocenters. The summed E-state index contributed by atoms with van der Waals surface area (Å²) >= 11 is 3.40. The van der Waals surface area contributed by atoms with Gasteiger partial charge in [-0.3, -0.25) is 0 Å². The molecule has 0 fully saturated rings. The molecule has 0 radical (unpaired) electrons. The third-order valence-electron chi connectivity index (χ3n) is 2.38. The SMILES string of the molecule is CC(C)COCC(O)CNCc1ccc(Br)cc1. The summed E-state index contributed by atoms with van der Waals surface area (Å²) in [7, 11) is 0. The molecular weight excluding hydrogens is 294 g/mol. The zero-order valence-electron chi connectivity index (χ0n) is 11.0. The maximum atomic E-state index is 9.69. The van der Waals surface area contributed by atoms with Crippen molar-refractivity contribution in [3.63, 3.8) is 0 Å². The monoisotopic (exact) mass is 315 g/mol. The van der Waals surface area contributed by atoms with Crippen molar-refractivity contribution in [3.8, 4) is 0 Å². The van der Waals surface area contributed by atoms with Crippen LogP contribution in [0.1, 0.15) is 19.4 Å². The standard InChI is InChI=1S/C14H22BrNO2/c1-11(2)9-18-10-14(17)8-16-7-12-3-5-13(15)6-4-12/h3-6,11,14,16-17H,7-10H2,1-2H3. The highest BCUT2D eigenvalue weighted by atomic mass is 79.9. The van der Waals surface area contributed by atoms with Crippen molar-refractivity contribution >= 4 is 15.9 Å². The van der Waals surface area contributed by atoms with Crippen LogP contribution in [0.4, 0.5) is 0 Å². The average Bonchev–Trinajstić information content (AvgIpc) is 2.31. The number of hydrogen-bond donors (Lipinski definition) is 2. The van der Waals surface area contributed by atoms with Gasteiger partial charge >= 0.3 is 0 Å². The summed E-state index contributed by atoms with van der Waals surface area (Å²) in [6.07, 6.45) is -0.445. The average molecular weight is 316 g/mol. The Labute approximate surface area is 118 Å². The highest BCUT2D eigenvalue weighted by Gasteiger charge is 2.04. The minimum Gasteiger partial charge on any atom is -0.389 e. The van der Waals surface area contributed by atoms with Crippen molar-refractivity contribution in [2.24, 2.45) is 5.92 Å². The molecule has 0 aromatic heterocycles. The summed E-state index contributed by atoms with van der Waals surface area (Å²) in [5.74, 6) is 0.507. The van der Waals surface area contributed by atoms with E-state index in [9.17, 15) is 5.11 Å². The molecule has 0 amide bonds.